The van der Waals surface area contributed by atoms with E-state index in [0.29, 0.717) is 24.6 Å². The van der Waals surface area contributed by atoms with E-state index in [9.17, 15) is 8.42 Å². The molecule has 6 nitrogen and oxygen atoms in total. The van der Waals surface area contributed by atoms with Crippen molar-refractivity contribution >= 4 is 10.0 Å². The summed E-state index contributed by atoms with van der Waals surface area (Å²) in [6.07, 6.45) is 1.07. The summed E-state index contributed by atoms with van der Waals surface area (Å²) in [4.78, 5) is 0. The van der Waals surface area contributed by atoms with Crippen LogP contribution in [-0.2, 0) is 16.6 Å². The van der Waals surface area contributed by atoms with E-state index in [1.807, 2.05) is 20.8 Å². The molecule has 0 aliphatic heterocycles. The Morgan fingerprint density at radius 3 is 2.57 bits per heavy atom. The van der Waals surface area contributed by atoms with Gasteiger partial charge in [0.1, 0.15) is 0 Å². The zero-order valence-corrected chi connectivity index (χ0v) is 14.3. The number of nitrogens with one attached hydrogen (secondary N) is 3. The molecular formula is C14H26N4O2S. The largest absolute Gasteiger partial charge is 0.310 e. The highest BCUT2D eigenvalue weighted by atomic mass is 32.2. The van der Waals surface area contributed by atoms with Crippen LogP contribution in [0.4, 0.5) is 0 Å². The number of hydrogen-bond donors (Lipinski definition) is 3. The Labute approximate surface area is 127 Å². The number of aromatic amines is 1. The van der Waals surface area contributed by atoms with Crippen LogP contribution in [0.5, 0.6) is 0 Å². The van der Waals surface area contributed by atoms with E-state index in [2.05, 4.69) is 34.1 Å². The maximum absolute atomic E-state index is 12.4. The quantitative estimate of drug-likeness (QED) is 0.712. The van der Waals surface area contributed by atoms with Crippen molar-refractivity contribution in [3.05, 3.63) is 11.3 Å². The number of sulfonamides is 1. The van der Waals surface area contributed by atoms with Crippen LogP contribution >= 0.6 is 0 Å². The van der Waals surface area contributed by atoms with Gasteiger partial charge in [-0.15, -0.1) is 0 Å². The van der Waals surface area contributed by atoms with Crippen molar-refractivity contribution in [1.29, 1.82) is 0 Å². The van der Waals surface area contributed by atoms with Crippen LogP contribution in [0.25, 0.3) is 0 Å². The molecule has 3 N–H and O–H groups in total. The van der Waals surface area contributed by atoms with Crippen molar-refractivity contribution in [2.45, 2.75) is 58.7 Å². The van der Waals surface area contributed by atoms with Crippen molar-refractivity contribution in [3.8, 4) is 0 Å². The number of aromatic nitrogens is 2. The fourth-order valence-electron chi connectivity index (χ4n) is 2.37. The minimum Gasteiger partial charge on any atom is -0.310 e. The first-order valence-corrected chi connectivity index (χ1v) is 8.88. The summed E-state index contributed by atoms with van der Waals surface area (Å²) in [7, 11) is -3.56. The number of rotatable bonds is 7. The summed E-state index contributed by atoms with van der Waals surface area (Å²) in [6.45, 7) is 11.2. The lowest BCUT2D eigenvalue weighted by atomic mass is 10.1. The van der Waals surface area contributed by atoms with Crippen LogP contribution in [0.1, 0.15) is 45.4 Å². The molecule has 1 heterocycles. The molecule has 1 fully saturated rings. The fraction of sp³-hybridized carbons (Fsp3) is 0.786. The van der Waals surface area contributed by atoms with Gasteiger partial charge < -0.3 is 5.32 Å². The molecule has 1 atom stereocenters. The Hall–Kier alpha value is -0.920. The lowest BCUT2D eigenvalue weighted by Gasteiger charge is -2.10. The maximum Gasteiger partial charge on any atom is 0.260 e. The van der Waals surface area contributed by atoms with Crippen molar-refractivity contribution in [2.24, 2.45) is 11.3 Å². The molecule has 0 radical (unpaired) electrons. The highest BCUT2D eigenvalue weighted by Crippen LogP contribution is 2.51. The smallest absolute Gasteiger partial charge is 0.260 e. The molecule has 1 aromatic heterocycles. The summed E-state index contributed by atoms with van der Waals surface area (Å²) in [5.41, 5.74) is 1.76. The predicted molar refractivity (Wildman–Crippen MR) is 82.4 cm³/mol. The van der Waals surface area contributed by atoms with Crippen molar-refractivity contribution < 1.29 is 8.42 Å². The molecule has 0 bridgehead atoms. The normalized spacial score (nSPS) is 21.0. The molecule has 0 spiro atoms. The van der Waals surface area contributed by atoms with Crippen molar-refractivity contribution in [2.75, 3.05) is 6.54 Å². The summed E-state index contributed by atoms with van der Waals surface area (Å²) in [5, 5.41) is 10.1. The van der Waals surface area contributed by atoms with Gasteiger partial charge in [-0.05, 0) is 24.7 Å². The third-order valence-electron chi connectivity index (χ3n) is 4.21. The Balaban J connectivity index is 2.09. The fourth-order valence-corrected chi connectivity index (χ4v) is 3.64. The van der Waals surface area contributed by atoms with Gasteiger partial charge in [-0.2, -0.15) is 5.10 Å². The Morgan fingerprint density at radius 1 is 1.43 bits per heavy atom. The molecule has 1 aliphatic rings. The molecule has 2 rings (SSSR count). The second-order valence-corrected chi connectivity index (χ2v) is 8.59. The number of aryl methyl sites for hydroxylation is 1. The monoisotopic (exact) mass is 314 g/mol. The molecule has 1 unspecified atom stereocenters. The maximum atomic E-state index is 12.4. The van der Waals surface area contributed by atoms with E-state index in [0.717, 1.165) is 12.1 Å². The van der Waals surface area contributed by atoms with Gasteiger partial charge in [-0.1, -0.05) is 27.7 Å². The Bertz CT molecular complexity index is 604. The molecule has 0 saturated heterocycles. The van der Waals surface area contributed by atoms with Crippen molar-refractivity contribution in [3.63, 3.8) is 0 Å². The highest BCUT2D eigenvalue weighted by molar-refractivity contribution is 7.89. The molecular weight excluding hydrogens is 288 g/mol. The average Bonchev–Trinajstić information content (AvgIpc) is 2.79. The molecule has 1 aromatic rings. The van der Waals surface area contributed by atoms with Crippen LogP contribution in [0.3, 0.4) is 0 Å². The number of nitrogens with zero attached hydrogens (tertiary/aromatic N) is 1. The summed E-state index contributed by atoms with van der Waals surface area (Å²) < 4.78 is 27.6. The molecule has 1 saturated carbocycles. The van der Waals surface area contributed by atoms with Crippen LogP contribution in [0, 0.1) is 18.3 Å². The number of H-pyrrole nitrogens is 1. The van der Waals surface area contributed by atoms with E-state index < -0.39 is 10.0 Å². The van der Waals surface area contributed by atoms with Gasteiger partial charge in [0.05, 0.1) is 0 Å². The first-order chi connectivity index (χ1) is 9.63. The lowest BCUT2D eigenvalue weighted by molar-refractivity contribution is 0.533. The minimum absolute atomic E-state index is 0.117. The van der Waals surface area contributed by atoms with Gasteiger partial charge in [0.2, 0.25) is 0 Å². The zero-order valence-electron chi connectivity index (χ0n) is 13.4. The zero-order chi connectivity index (χ0) is 15.8. The molecule has 120 valence electrons. The first-order valence-electron chi connectivity index (χ1n) is 7.40. The Morgan fingerprint density at radius 2 is 2.05 bits per heavy atom. The molecule has 0 aromatic carbocycles. The van der Waals surface area contributed by atoms with Gasteiger partial charge in [0, 0.05) is 30.4 Å². The van der Waals surface area contributed by atoms with Crippen LogP contribution in [0.15, 0.2) is 5.03 Å². The Kier molecular flexibility index (Phi) is 4.46. The van der Waals surface area contributed by atoms with E-state index >= 15 is 0 Å². The van der Waals surface area contributed by atoms with E-state index in [1.54, 1.807) is 0 Å². The second-order valence-electron chi connectivity index (χ2n) is 6.91. The van der Waals surface area contributed by atoms with E-state index in [1.165, 1.54) is 0 Å². The first kappa shape index (κ1) is 16.5. The topological polar surface area (TPSA) is 86.9 Å². The minimum atomic E-state index is -3.56. The third kappa shape index (κ3) is 3.84. The summed E-state index contributed by atoms with van der Waals surface area (Å²) in [5.74, 6) is 0.421. The van der Waals surface area contributed by atoms with Gasteiger partial charge in [0.25, 0.3) is 10.0 Å². The van der Waals surface area contributed by atoms with Gasteiger partial charge in [-0.3, -0.25) is 5.10 Å². The van der Waals surface area contributed by atoms with E-state index in [4.69, 9.17) is 0 Å². The van der Waals surface area contributed by atoms with Crippen molar-refractivity contribution in [1.82, 2.24) is 20.2 Å². The molecule has 7 heteroatoms. The average molecular weight is 314 g/mol. The summed E-state index contributed by atoms with van der Waals surface area (Å²) in [6, 6.07) is 0.287. The molecule has 0 amide bonds. The SMILES string of the molecule is Cc1[nH]nc(S(=O)(=O)NCC2CC2(C)C)c1CNC(C)C. The van der Waals surface area contributed by atoms with Crippen LogP contribution < -0.4 is 10.0 Å². The standard InChI is InChI=1S/C14H26N4O2S/c1-9(2)15-8-12-10(3)17-18-13(12)21(19,20)16-7-11-6-14(11,4)5/h9,11,15-16H,6-8H2,1-5H3,(H,17,18). The van der Waals surface area contributed by atoms with Gasteiger partial charge >= 0.3 is 0 Å². The number of hydrogen-bond acceptors (Lipinski definition) is 4. The predicted octanol–water partition coefficient (Wildman–Crippen LogP) is 1.54. The summed E-state index contributed by atoms with van der Waals surface area (Å²) >= 11 is 0. The third-order valence-corrected chi connectivity index (χ3v) is 5.61. The van der Waals surface area contributed by atoms with Gasteiger partial charge in [-0.25, -0.2) is 13.1 Å². The van der Waals surface area contributed by atoms with Crippen LogP contribution in [-0.4, -0.2) is 31.2 Å². The van der Waals surface area contributed by atoms with Crippen LogP contribution in [0.2, 0.25) is 0 Å². The van der Waals surface area contributed by atoms with E-state index in [-0.39, 0.29) is 16.5 Å². The second kappa shape index (κ2) is 5.70. The molecule has 21 heavy (non-hydrogen) atoms. The lowest BCUT2D eigenvalue weighted by Crippen LogP contribution is -2.29. The van der Waals surface area contributed by atoms with Gasteiger partial charge in [0.15, 0.2) is 5.03 Å². The highest BCUT2D eigenvalue weighted by Gasteiger charge is 2.45. The molecule has 1 aliphatic carbocycles.